The Morgan fingerprint density at radius 3 is 2.19 bits per heavy atom. The lowest BCUT2D eigenvalue weighted by Gasteiger charge is -2.27. The molecule has 0 aliphatic carbocycles. The van der Waals surface area contributed by atoms with Crippen LogP contribution in [-0.2, 0) is 9.59 Å². The highest BCUT2D eigenvalue weighted by Crippen LogP contribution is 2.39. The van der Waals surface area contributed by atoms with E-state index >= 15 is 0 Å². The van der Waals surface area contributed by atoms with Crippen LogP contribution in [0.1, 0.15) is 42.5 Å². The molecule has 0 aromatic heterocycles. The lowest BCUT2D eigenvalue weighted by molar-refractivity contribution is -0.140. The Balaban J connectivity index is 2.11. The molecular weight excluding hydrogens is 392 g/mol. The van der Waals surface area contributed by atoms with E-state index in [1.807, 2.05) is 43.3 Å². The molecule has 0 radical (unpaired) electrons. The molecule has 1 amide bonds. The largest absolute Gasteiger partial charge is 0.507 e. The Morgan fingerprint density at radius 2 is 1.68 bits per heavy atom. The second kappa shape index (κ2) is 9.35. The third-order valence-corrected chi connectivity index (χ3v) is 5.61. The van der Waals surface area contributed by atoms with Gasteiger partial charge in [0, 0.05) is 18.7 Å². The minimum absolute atomic E-state index is 0.117. The number of methoxy groups -OCH3 is 1. The maximum absolute atomic E-state index is 13.0. The molecule has 6 heteroatoms. The van der Waals surface area contributed by atoms with Gasteiger partial charge in [-0.05, 0) is 55.4 Å². The smallest absolute Gasteiger partial charge is 0.295 e. The van der Waals surface area contributed by atoms with E-state index in [-0.39, 0.29) is 11.3 Å². The SMILES string of the molecule is COc1ccc(C(O)=C2C(=O)C(=O)N(CCN(C)C)[C@H]2c2ccc(C(C)C)cc2)cc1. The first-order valence-corrected chi connectivity index (χ1v) is 10.4. The number of aliphatic hydroxyl groups is 1. The molecule has 1 aliphatic rings. The van der Waals surface area contributed by atoms with Crippen molar-refractivity contribution in [1.29, 1.82) is 0 Å². The van der Waals surface area contributed by atoms with E-state index in [2.05, 4.69) is 13.8 Å². The van der Waals surface area contributed by atoms with E-state index in [1.54, 1.807) is 36.3 Å². The van der Waals surface area contributed by atoms with Crippen molar-refractivity contribution in [3.8, 4) is 5.75 Å². The number of Topliss-reactive ketones (excluding diaryl/α,β-unsaturated/α-hetero) is 1. The fourth-order valence-corrected chi connectivity index (χ4v) is 3.73. The predicted molar refractivity (Wildman–Crippen MR) is 121 cm³/mol. The number of carbonyl (C=O) groups excluding carboxylic acids is 2. The van der Waals surface area contributed by atoms with Crippen molar-refractivity contribution in [2.75, 3.05) is 34.3 Å². The van der Waals surface area contributed by atoms with Gasteiger partial charge in [-0.1, -0.05) is 38.1 Å². The van der Waals surface area contributed by atoms with Crippen molar-refractivity contribution < 1.29 is 19.4 Å². The fourth-order valence-electron chi connectivity index (χ4n) is 3.73. The number of likely N-dealkylation sites (N-methyl/N-ethyl adjacent to an activating group) is 1. The van der Waals surface area contributed by atoms with Crippen molar-refractivity contribution in [1.82, 2.24) is 9.80 Å². The van der Waals surface area contributed by atoms with Crippen molar-refractivity contribution in [3.63, 3.8) is 0 Å². The number of hydrogen-bond donors (Lipinski definition) is 1. The van der Waals surface area contributed by atoms with E-state index in [4.69, 9.17) is 4.74 Å². The highest BCUT2D eigenvalue weighted by Gasteiger charge is 2.45. The van der Waals surface area contributed by atoms with Gasteiger partial charge in [-0.25, -0.2) is 0 Å². The van der Waals surface area contributed by atoms with E-state index in [1.165, 1.54) is 5.56 Å². The molecule has 1 N–H and O–H groups in total. The Labute approximate surface area is 183 Å². The molecule has 0 unspecified atom stereocenters. The predicted octanol–water partition coefficient (Wildman–Crippen LogP) is 3.80. The molecule has 31 heavy (non-hydrogen) atoms. The van der Waals surface area contributed by atoms with Crippen molar-refractivity contribution >= 4 is 17.4 Å². The van der Waals surface area contributed by atoms with Gasteiger partial charge in [-0.3, -0.25) is 9.59 Å². The van der Waals surface area contributed by atoms with Crippen molar-refractivity contribution in [3.05, 3.63) is 70.8 Å². The molecule has 1 fully saturated rings. The van der Waals surface area contributed by atoms with Crippen LogP contribution in [0.15, 0.2) is 54.1 Å². The van der Waals surface area contributed by atoms with Gasteiger partial charge in [-0.15, -0.1) is 0 Å². The van der Waals surface area contributed by atoms with Crippen LogP contribution in [0, 0.1) is 0 Å². The van der Waals surface area contributed by atoms with Crippen LogP contribution in [-0.4, -0.2) is 60.9 Å². The van der Waals surface area contributed by atoms with Crippen LogP contribution in [0.4, 0.5) is 0 Å². The quantitative estimate of drug-likeness (QED) is 0.418. The lowest BCUT2D eigenvalue weighted by atomic mass is 9.93. The van der Waals surface area contributed by atoms with Gasteiger partial charge in [0.2, 0.25) is 0 Å². The number of ether oxygens (including phenoxy) is 1. The van der Waals surface area contributed by atoms with Gasteiger partial charge in [-0.2, -0.15) is 0 Å². The summed E-state index contributed by atoms with van der Waals surface area (Å²) in [7, 11) is 5.40. The summed E-state index contributed by atoms with van der Waals surface area (Å²) in [5.41, 5.74) is 2.56. The van der Waals surface area contributed by atoms with Crippen LogP contribution in [0.2, 0.25) is 0 Å². The Morgan fingerprint density at radius 1 is 1.06 bits per heavy atom. The number of ketones is 1. The normalized spacial score (nSPS) is 18.3. The maximum atomic E-state index is 13.0. The summed E-state index contributed by atoms with van der Waals surface area (Å²) in [6, 6.07) is 14.1. The molecule has 3 rings (SSSR count). The van der Waals surface area contributed by atoms with E-state index < -0.39 is 17.7 Å². The van der Waals surface area contributed by atoms with Gasteiger partial charge in [0.15, 0.2) is 0 Å². The molecule has 1 heterocycles. The number of aliphatic hydroxyl groups excluding tert-OH is 1. The fraction of sp³-hybridized carbons (Fsp3) is 0.360. The second-order valence-electron chi connectivity index (χ2n) is 8.35. The van der Waals surface area contributed by atoms with Crippen molar-refractivity contribution in [2.45, 2.75) is 25.8 Å². The first kappa shape index (κ1) is 22.6. The summed E-state index contributed by atoms with van der Waals surface area (Å²) in [6.07, 6.45) is 0. The zero-order valence-corrected chi connectivity index (χ0v) is 18.8. The van der Waals surface area contributed by atoms with Gasteiger partial charge in [0.1, 0.15) is 11.5 Å². The number of benzene rings is 2. The van der Waals surface area contributed by atoms with Crippen LogP contribution in [0.5, 0.6) is 5.75 Å². The van der Waals surface area contributed by atoms with E-state index in [0.717, 1.165) is 5.56 Å². The molecule has 2 aromatic rings. The number of carbonyl (C=O) groups is 2. The molecule has 2 aromatic carbocycles. The summed E-state index contributed by atoms with van der Waals surface area (Å²) in [5.74, 6) is -0.414. The zero-order chi connectivity index (χ0) is 22.7. The van der Waals surface area contributed by atoms with E-state index in [0.29, 0.717) is 30.3 Å². The lowest BCUT2D eigenvalue weighted by Crippen LogP contribution is -2.35. The Hall–Kier alpha value is -3.12. The topological polar surface area (TPSA) is 70.1 Å². The highest BCUT2D eigenvalue weighted by atomic mass is 16.5. The molecule has 0 bridgehead atoms. The summed E-state index contributed by atoms with van der Waals surface area (Å²) in [5, 5.41) is 11.1. The minimum atomic E-state index is -0.662. The monoisotopic (exact) mass is 422 g/mol. The number of rotatable bonds is 7. The van der Waals surface area contributed by atoms with Crippen LogP contribution >= 0.6 is 0 Å². The van der Waals surface area contributed by atoms with Gasteiger partial charge in [0.05, 0.1) is 18.7 Å². The highest BCUT2D eigenvalue weighted by molar-refractivity contribution is 6.46. The van der Waals surface area contributed by atoms with Crippen LogP contribution in [0.3, 0.4) is 0 Å². The first-order chi connectivity index (χ1) is 14.7. The zero-order valence-electron chi connectivity index (χ0n) is 18.8. The summed E-state index contributed by atoms with van der Waals surface area (Å²) >= 11 is 0. The first-order valence-electron chi connectivity index (χ1n) is 10.4. The third-order valence-electron chi connectivity index (χ3n) is 5.61. The molecule has 0 spiro atoms. The summed E-state index contributed by atoms with van der Waals surface area (Å²) in [6.45, 7) is 5.22. The van der Waals surface area contributed by atoms with Gasteiger partial charge >= 0.3 is 0 Å². The maximum Gasteiger partial charge on any atom is 0.295 e. The Kier molecular flexibility index (Phi) is 6.81. The molecule has 1 saturated heterocycles. The van der Waals surface area contributed by atoms with Crippen LogP contribution in [0.25, 0.3) is 5.76 Å². The molecule has 6 nitrogen and oxygen atoms in total. The summed E-state index contributed by atoms with van der Waals surface area (Å²) < 4.78 is 5.17. The number of likely N-dealkylation sites (tertiary alicyclic amines) is 1. The molecular formula is C25H30N2O4. The molecule has 1 aliphatic heterocycles. The van der Waals surface area contributed by atoms with Crippen LogP contribution < -0.4 is 4.74 Å². The summed E-state index contributed by atoms with van der Waals surface area (Å²) in [4.78, 5) is 29.4. The number of nitrogens with zero attached hydrogens (tertiary/aromatic N) is 2. The second-order valence-corrected chi connectivity index (χ2v) is 8.35. The average molecular weight is 423 g/mol. The Bertz CT molecular complexity index is 976. The standard InChI is InChI=1S/C25H30N2O4/c1-16(2)17-6-8-18(9-7-17)22-21(23(28)19-10-12-20(31-5)13-11-19)24(29)25(30)27(22)15-14-26(3)4/h6-13,16,22,28H,14-15H2,1-5H3/t22-/m0/s1. The number of amides is 1. The van der Waals surface area contributed by atoms with Gasteiger partial charge < -0.3 is 19.6 Å². The molecule has 0 saturated carbocycles. The minimum Gasteiger partial charge on any atom is -0.507 e. The third kappa shape index (κ3) is 4.64. The average Bonchev–Trinajstić information content (AvgIpc) is 3.02. The van der Waals surface area contributed by atoms with Gasteiger partial charge in [0.25, 0.3) is 11.7 Å². The molecule has 1 atom stereocenters. The number of hydrogen-bond acceptors (Lipinski definition) is 5. The van der Waals surface area contributed by atoms with E-state index in [9.17, 15) is 14.7 Å². The van der Waals surface area contributed by atoms with Crippen molar-refractivity contribution in [2.24, 2.45) is 0 Å². The molecule has 164 valence electrons.